The van der Waals surface area contributed by atoms with E-state index >= 15 is 0 Å². The van der Waals surface area contributed by atoms with Gasteiger partial charge in [0, 0.05) is 13.2 Å². The van der Waals surface area contributed by atoms with Gasteiger partial charge >= 0.3 is 0 Å². The second-order valence-electron chi connectivity index (χ2n) is 5.67. The zero-order valence-corrected chi connectivity index (χ0v) is 11.7. The zero-order chi connectivity index (χ0) is 12.5. The molecule has 1 rings (SSSR count). The fourth-order valence-electron chi connectivity index (χ4n) is 2.62. The molecule has 0 aromatic rings. The summed E-state index contributed by atoms with van der Waals surface area (Å²) in [6.45, 7) is 7.49. The standard InChI is InChI=1S/C14H30N2O/c1-13(7-8-15)5-3-9-16(2)11-14-6-4-10-17-12-14/h13-14H,3-12,15H2,1-2H3. The summed E-state index contributed by atoms with van der Waals surface area (Å²) in [5, 5.41) is 0. The SMILES string of the molecule is CC(CCN)CCCN(C)CC1CCCOC1. The normalized spacial score (nSPS) is 22.9. The number of rotatable bonds is 8. The number of hydrogen-bond donors (Lipinski definition) is 1. The van der Waals surface area contributed by atoms with Crippen LogP contribution in [-0.4, -0.2) is 44.8 Å². The number of hydrogen-bond acceptors (Lipinski definition) is 3. The molecule has 0 radical (unpaired) electrons. The Labute approximate surface area is 107 Å². The molecule has 0 spiro atoms. The Balaban J connectivity index is 2.02. The van der Waals surface area contributed by atoms with Crippen LogP contribution >= 0.6 is 0 Å². The minimum Gasteiger partial charge on any atom is -0.381 e. The van der Waals surface area contributed by atoms with Crippen LogP contribution < -0.4 is 5.73 Å². The molecule has 1 aliphatic heterocycles. The molecule has 2 N–H and O–H groups in total. The van der Waals surface area contributed by atoms with Crippen LogP contribution in [0.15, 0.2) is 0 Å². The molecule has 0 aliphatic carbocycles. The van der Waals surface area contributed by atoms with Gasteiger partial charge in [0.25, 0.3) is 0 Å². The van der Waals surface area contributed by atoms with Gasteiger partial charge in [-0.3, -0.25) is 0 Å². The lowest BCUT2D eigenvalue weighted by molar-refractivity contribution is 0.0418. The zero-order valence-electron chi connectivity index (χ0n) is 11.7. The fourth-order valence-corrected chi connectivity index (χ4v) is 2.62. The van der Waals surface area contributed by atoms with Gasteiger partial charge in [-0.25, -0.2) is 0 Å². The molecule has 2 atom stereocenters. The van der Waals surface area contributed by atoms with E-state index in [0.717, 1.165) is 31.6 Å². The highest BCUT2D eigenvalue weighted by molar-refractivity contribution is 4.67. The largest absolute Gasteiger partial charge is 0.381 e. The quantitative estimate of drug-likeness (QED) is 0.708. The predicted molar refractivity (Wildman–Crippen MR) is 73.1 cm³/mol. The average molecular weight is 242 g/mol. The van der Waals surface area contributed by atoms with Crippen LogP contribution in [0.1, 0.15) is 39.0 Å². The van der Waals surface area contributed by atoms with Crippen molar-refractivity contribution in [2.75, 3.05) is 39.9 Å². The van der Waals surface area contributed by atoms with E-state index < -0.39 is 0 Å². The topological polar surface area (TPSA) is 38.5 Å². The van der Waals surface area contributed by atoms with Crippen LogP contribution in [0.25, 0.3) is 0 Å². The Kier molecular flexibility index (Phi) is 7.82. The molecule has 102 valence electrons. The van der Waals surface area contributed by atoms with Crippen LogP contribution in [0.4, 0.5) is 0 Å². The second kappa shape index (κ2) is 8.90. The molecule has 1 saturated heterocycles. The molecule has 1 aliphatic rings. The third-order valence-corrected chi connectivity index (χ3v) is 3.72. The van der Waals surface area contributed by atoms with E-state index in [0.29, 0.717) is 0 Å². The third kappa shape index (κ3) is 7.02. The molecule has 0 aromatic carbocycles. The summed E-state index contributed by atoms with van der Waals surface area (Å²) < 4.78 is 5.52. The molecule has 1 fully saturated rings. The van der Waals surface area contributed by atoms with Crippen LogP contribution in [-0.2, 0) is 4.74 Å². The summed E-state index contributed by atoms with van der Waals surface area (Å²) in [7, 11) is 2.24. The molecule has 0 aromatic heterocycles. The van der Waals surface area contributed by atoms with Gasteiger partial charge in [0.2, 0.25) is 0 Å². The Morgan fingerprint density at radius 1 is 1.41 bits per heavy atom. The number of nitrogens with zero attached hydrogens (tertiary/aromatic N) is 1. The molecule has 3 nitrogen and oxygen atoms in total. The van der Waals surface area contributed by atoms with E-state index in [1.54, 1.807) is 0 Å². The van der Waals surface area contributed by atoms with Crippen molar-refractivity contribution in [3.05, 3.63) is 0 Å². The first-order chi connectivity index (χ1) is 8.22. The maximum Gasteiger partial charge on any atom is 0.0506 e. The maximum atomic E-state index is 5.56. The Morgan fingerprint density at radius 2 is 2.24 bits per heavy atom. The van der Waals surface area contributed by atoms with Crippen molar-refractivity contribution in [2.24, 2.45) is 17.6 Å². The van der Waals surface area contributed by atoms with E-state index in [1.165, 1.54) is 45.2 Å². The molecule has 0 bridgehead atoms. The Morgan fingerprint density at radius 3 is 2.88 bits per heavy atom. The van der Waals surface area contributed by atoms with E-state index in [-0.39, 0.29) is 0 Å². The summed E-state index contributed by atoms with van der Waals surface area (Å²) in [5.74, 6) is 1.54. The van der Waals surface area contributed by atoms with Crippen molar-refractivity contribution in [3.8, 4) is 0 Å². The van der Waals surface area contributed by atoms with Crippen LogP contribution in [0.2, 0.25) is 0 Å². The molecule has 3 heteroatoms. The fraction of sp³-hybridized carbons (Fsp3) is 1.00. The van der Waals surface area contributed by atoms with Gasteiger partial charge in [0.1, 0.15) is 0 Å². The minimum atomic E-state index is 0.759. The van der Waals surface area contributed by atoms with E-state index in [9.17, 15) is 0 Å². The molecule has 2 unspecified atom stereocenters. The summed E-state index contributed by atoms with van der Waals surface area (Å²) in [5.41, 5.74) is 5.56. The highest BCUT2D eigenvalue weighted by Gasteiger charge is 2.15. The third-order valence-electron chi connectivity index (χ3n) is 3.72. The van der Waals surface area contributed by atoms with Crippen molar-refractivity contribution in [1.29, 1.82) is 0 Å². The van der Waals surface area contributed by atoms with E-state index in [2.05, 4.69) is 18.9 Å². The average Bonchev–Trinajstić information content (AvgIpc) is 2.30. The van der Waals surface area contributed by atoms with Gasteiger partial charge in [0.15, 0.2) is 0 Å². The number of nitrogens with two attached hydrogens (primary N) is 1. The van der Waals surface area contributed by atoms with Crippen LogP contribution in [0, 0.1) is 11.8 Å². The molecule has 1 heterocycles. The molecular weight excluding hydrogens is 212 g/mol. The van der Waals surface area contributed by atoms with Crippen molar-refractivity contribution in [2.45, 2.75) is 39.0 Å². The molecule has 0 saturated carbocycles. The van der Waals surface area contributed by atoms with Gasteiger partial charge in [-0.2, -0.15) is 0 Å². The van der Waals surface area contributed by atoms with Gasteiger partial charge < -0.3 is 15.4 Å². The minimum absolute atomic E-state index is 0.759. The highest BCUT2D eigenvalue weighted by atomic mass is 16.5. The van der Waals surface area contributed by atoms with Crippen molar-refractivity contribution in [1.82, 2.24) is 4.90 Å². The second-order valence-corrected chi connectivity index (χ2v) is 5.67. The van der Waals surface area contributed by atoms with Crippen molar-refractivity contribution >= 4 is 0 Å². The van der Waals surface area contributed by atoms with Crippen LogP contribution in [0.5, 0.6) is 0 Å². The smallest absolute Gasteiger partial charge is 0.0506 e. The summed E-state index contributed by atoms with van der Waals surface area (Å²) in [6, 6.07) is 0. The number of ether oxygens (including phenoxy) is 1. The van der Waals surface area contributed by atoms with Gasteiger partial charge in [-0.15, -0.1) is 0 Å². The predicted octanol–water partition coefficient (Wildman–Crippen LogP) is 2.11. The van der Waals surface area contributed by atoms with Gasteiger partial charge in [-0.05, 0) is 64.1 Å². The monoisotopic (exact) mass is 242 g/mol. The Hall–Kier alpha value is -0.120. The van der Waals surface area contributed by atoms with Crippen LogP contribution in [0.3, 0.4) is 0 Å². The van der Waals surface area contributed by atoms with E-state index in [1.807, 2.05) is 0 Å². The van der Waals surface area contributed by atoms with E-state index in [4.69, 9.17) is 10.5 Å². The highest BCUT2D eigenvalue weighted by Crippen LogP contribution is 2.15. The summed E-state index contributed by atoms with van der Waals surface area (Å²) >= 11 is 0. The first-order valence-electron chi connectivity index (χ1n) is 7.18. The first kappa shape index (κ1) is 14.9. The van der Waals surface area contributed by atoms with Gasteiger partial charge in [0.05, 0.1) is 6.61 Å². The summed E-state index contributed by atoms with van der Waals surface area (Å²) in [4.78, 5) is 2.47. The lowest BCUT2D eigenvalue weighted by atomic mass is 10.0. The van der Waals surface area contributed by atoms with Gasteiger partial charge in [-0.1, -0.05) is 6.92 Å². The Bertz CT molecular complexity index is 181. The maximum absolute atomic E-state index is 5.56. The first-order valence-corrected chi connectivity index (χ1v) is 7.18. The van der Waals surface area contributed by atoms with Crippen molar-refractivity contribution < 1.29 is 4.74 Å². The molecule has 17 heavy (non-hydrogen) atoms. The molecular formula is C14H30N2O. The van der Waals surface area contributed by atoms with Crippen molar-refractivity contribution in [3.63, 3.8) is 0 Å². The molecule has 0 amide bonds. The lowest BCUT2D eigenvalue weighted by Gasteiger charge is -2.27. The summed E-state index contributed by atoms with van der Waals surface area (Å²) in [6.07, 6.45) is 6.36. The lowest BCUT2D eigenvalue weighted by Crippen LogP contribution is -2.31.